The Morgan fingerprint density at radius 3 is 2.55 bits per heavy atom. The van der Waals surface area contributed by atoms with Crippen LogP contribution in [0.3, 0.4) is 0 Å². The number of urea groups is 1. The number of amides is 3. The van der Waals surface area contributed by atoms with E-state index in [-0.39, 0.29) is 6.03 Å². The minimum atomic E-state index is -0.0686. The Morgan fingerprint density at radius 2 is 1.91 bits per heavy atom. The maximum absolute atomic E-state index is 11.9. The maximum atomic E-state index is 11.9. The van der Waals surface area contributed by atoms with E-state index >= 15 is 0 Å². The maximum Gasteiger partial charge on any atom is 0.317 e. The van der Waals surface area contributed by atoms with Gasteiger partial charge in [-0.2, -0.15) is 0 Å². The van der Waals surface area contributed by atoms with Crippen molar-refractivity contribution >= 4 is 12.4 Å². The first-order chi connectivity index (χ1) is 10.7. The smallest absolute Gasteiger partial charge is 0.317 e. The third-order valence-electron chi connectivity index (χ3n) is 3.64. The molecule has 2 rings (SSSR count). The molecule has 0 unspecified atom stereocenters. The first-order valence-corrected chi connectivity index (χ1v) is 7.60. The summed E-state index contributed by atoms with van der Waals surface area (Å²) in [6.07, 6.45) is 1.59. The molecule has 0 bridgehead atoms. The van der Waals surface area contributed by atoms with Gasteiger partial charge < -0.3 is 19.9 Å². The highest BCUT2D eigenvalue weighted by atomic mass is 16.5. The molecule has 1 aromatic carbocycles. The second-order valence-electron chi connectivity index (χ2n) is 5.38. The number of benzene rings is 1. The summed E-state index contributed by atoms with van der Waals surface area (Å²) in [7, 11) is 0. The summed E-state index contributed by atoms with van der Waals surface area (Å²) >= 11 is 0. The van der Waals surface area contributed by atoms with Crippen molar-refractivity contribution in [1.82, 2.24) is 15.1 Å². The van der Waals surface area contributed by atoms with Gasteiger partial charge in [0.05, 0.1) is 6.61 Å². The van der Waals surface area contributed by atoms with Crippen LogP contribution in [0.4, 0.5) is 4.79 Å². The van der Waals surface area contributed by atoms with Crippen LogP contribution in [-0.4, -0.2) is 61.6 Å². The van der Waals surface area contributed by atoms with Crippen molar-refractivity contribution in [2.45, 2.75) is 13.3 Å². The van der Waals surface area contributed by atoms with E-state index in [9.17, 15) is 9.59 Å². The average Bonchev–Trinajstić information content (AvgIpc) is 2.56. The third-order valence-corrected chi connectivity index (χ3v) is 3.64. The Bertz CT molecular complexity index is 482. The van der Waals surface area contributed by atoms with Crippen LogP contribution in [0, 0.1) is 6.92 Å². The van der Waals surface area contributed by atoms with Gasteiger partial charge in [-0.1, -0.05) is 17.7 Å². The van der Waals surface area contributed by atoms with Gasteiger partial charge in [-0.25, -0.2) is 4.79 Å². The molecule has 0 aliphatic carbocycles. The standard InChI is InChI=1S/C16H23N3O3/c1-14-3-5-15(6-4-14)22-12-2-7-17-16(21)19-10-8-18(13-20)9-11-19/h3-6,13H,2,7-12H2,1H3,(H,17,21). The average molecular weight is 305 g/mol. The van der Waals surface area contributed by atoms with Gasteiger partial charge in [-0.05, 0) is 25.5 Å². The molecule has 1 N–H and O–H groups in total. The minimum absolute atomic E-state index is 0.0686. The molecule has 6 heteroatoms. The molecular formula is C16H23N3O3. The summed E-state index contributed by atoms with van der Waals surface area (Å²) in [6.45, 7) is 5.57. The number of ether oxygens (including phenoxy) is 1. The zero-order valence-electron chi connectivity index (χ0n) is 13.0. The molecule has 1 heterocycles. The van der Waals surface area contributed by atoms with Crippen LogP contribution in [0.25, 0.3) is 0 Å². The van der Waals surface area contributed by atoms with Gasteiger partial charge in [0.25, 0.3) is 0 Å². The van der Waals surface area contributed by atoms with E-state index in [0.717, 1.165) is 18.6 Å². The molecule has 1 aliphatic rings. The van der Waals surface area contributed by atoms with E-state index in [4.69, 9.17) is 4.74 Å². The molecule has 0 radical (unpaired) electrons. The first kappa shape index (κ1) is 16.1. The highest BCUT2D eigenvalue weighted by Crippen LogP contribution is 2.11. The van der Waals surface area contributed by atoms with Crippen molar-refractivity contribution in [2.24, 2.45) is 0 Å². The molecule has 1 aromatic rings. The molecule has 120 valence electrons. The van der Waals surface area contributed by atoms with E-state index in [1.165, 1.54) is 5.56 Å². The van der Waals surface area contributed by atoms with E-state index in [1.54, 1.807) is 9.80 Å². The molecule has 22 heavy (non-hydrogen) atoms. The summed E-state index contributed by atoms with van der Waals surface area (Å²) in [5.41, 5.74) is 1.20. The Labute approximate surface area is 131 Å². The van der Waals surface area contributed by atoms with Crippen LogP contribution in [0.1, 0.15) is 12.0 Å². The monoisotopic (exact) mass is 305 g/mol. The van der Waals surface area contributed by atoms with E-state index in [2.05, 4.69) is 5.32 Å². The van der Waals surface area contributed by atoms with Gasteiger partial charge in [0.1, 0.15) is 5.75 Å². The number of nitrogens with zero attached hydrogens (tertiary/aromatic N) is 2. The van der Waals surface area contributed by atoms with E-state index < -0.39 is 0 Å². The lowest BCUT2D eigenvalue weighted by Gasteiger charge is -2.32. The fourth-order valence-electron chi connectivity index (χ4n) is 2.23. The summed E-state index contributed by atoms with van der Waals surface area (Å²) in [4.78, 5) is 26.0. The molecule has 0 atom stereocenters. The summed E-state index contributed by atoms with van der Waals surface area (Å²) in [6, 6.07) is 7.84. The van der Waals surface area contributed by atoms with Crippen molar-refractivity contribution in [2.75, 3.05) is 39.3 Å². The summed E-state index contributed by atoms with van der Waals surface area (Å²) in [5, 5.41) is 2.88. The second-order valence-corrected chi connectivity index (χ2v) is 5.38. The fourth-order valence-corrected chi connectivity index (χ4v) is 2.23. The quantitative estimate of drug-likeness (QED) is 0.635. The molecule has 1 fully saturated rings. The lowest BCUT2D eigenvalue weighted by molar-refractivity contribution is -0.119. The van der Waals surface area contributed by atoms with Crippen molar-refractivity contribution < 1.29 is 14.3 Å². The van der Waals surface area contributed by atoms with Crippen LogP contribution in [-0.2, 0) is 4.79 Å². The van der Waals surface area contributed by atoms with Crippen LogP contribution in [0.2, 0.25) is 0 Å². The van der Waals surface area contributed by atoms with Crippen LogP contribution >= 0.6 is 0 Å². The number of hydrogen-bond acceptors (Lipinski definition) is 3. The van der Waals surface area contributed by atoms with Crippen LogP contribution in [0.15, 0.2) is 24.3 Å². The van der Waals surface area contributed by atoms with Crippen molar-refractivity contribution in [3.63, 3.8) is 0 Å². The number of aryl methyl sites for hydroxylation is 1. The molecular weight excluding hydrogens is 282 g/mol. The molecule has 1 aliphatic heterocycles. The number of carbonyl (C=O) groups excluding carboxylic acids is 2. The third kappa shape index (κ3) is 4.95. The van der Waals surface area contributed by atoms with Crippen molar-refractivity contribution in [1.29, 1.82) is 0 Å². The van der Waals surface area contributed by atoms with Crippen molar-refractivity contribution in [3.05, 3.63) is 29.8 Å². The van der Waals surface area contributed by atoms with Gasteiger partial charge in [0, 0.05) is 32.7 Å². The highest BCUT2D eigenvalue weighted by Gasteiger charge is 2.19. The number of carbonyl (C=O) groups is 2. The lowest BCUT2D eigenvalue weighted by atomic mass is 10.2. The number of hydrogen-bond donors (Lipinski definition) is 1. The fraction of sp³-hybridized carbons (Fsp3) is 0.500. The normalized spacial score (nSPS) is 14.6. The Balaban J connectivity index is 1.57. The largest absolute Gasteiger partial charge is 0.494 e. The topological polar surface area (TPSA) is 61.9 Å². The Morgan fingerprint density at radius 1 is 1.23 bits per heavy atom. The van der Waals surface area contributed by atoms with Crippen LogP contribution < -0.4 is 10.1 Å². The molecule has 0 aromatic heterocycles. The molecule has 3 amide bonds. The van der Waals surface area contributed by atoms with Gasteiger partial charge in [0.2, 0.25) is 6.41 Å². The zero-order chi connectivity index (χ0) is 15.8. The molecule has 6 nitrogen and oxygen atoms in total. The summed E-state index contributed by atoms with van der Waals surface area (Å²) in [5.74, 6) is 0.849. The number of piperazine rings is 1. The predicted molar refractivity (Wildman–Crippen MR) is 83.9 cm³/mol. The van der Waals surface area contributed by atoms with Gasteiger partial charge in [-0.3, -0.25) is 4.79 Å². The van der Waals surface area contributed by atoms with Gasteiger partial charge in [0.15, 0.2) is 0 Å². The minimum Gasteiger partial charge on any atom is -0.494 e. The van der Waals surface area contributed by atoms with E-state index in [1.807, 2.05) is 31.2 Å². The number of nitrogens with one attached hydrogen (secondary N) is 1. The second kappa shape index (κ2) is 8.26. The zero-order valence-corrected chi connectivity index (χ0v) is 13.0. The highest BCUT2D eigenvalue weighted by molar-refractivity contribution is 5.74. The SMILES string of the molecule is Cc1ccc(OCCCNC(=O)N2CCN(C=O)CC2)cc1. The first-order valence-electron chi connectivity index (χ1n) is 7.60. The molecule has 0 saturated carbocycles. The Hall–Kier alpha value is -2.24. The number of rotatable bonds is 6. The lowest BCUT2D eigenvalue weighted by Crippen LogP contribution is -2.51. The van der Waals surface area contributed by atoms with E-state index in [0.29, 0.717) is 39.3 Å². The predicted octanol–water partition coefficient (Wildman–Crippen LogP) is 1.25. The van der Waals surface area contributed by atoms with Gasteiger partial charge >= 0.3 is 6.03 Å². The Kier molecular flexibility index (Phi) is 6.06. The van der Waals surface area contributed by atoms with Crippen molar-refractivity contribution in [3.8, 4) is 5.75 Å². The molecule has 1 saturated heterocycles. The summed E-state index contributed by atoms with van der Waals surface area (Å²) < 4.78 is 5.61. The van der Waals surface area contributed by atoms with Crippen LogP contribution in [0.5, 0.6) is 5.75 Å². The van der Waals surface area contributed by atoms with Gasteiger partial charge in [-0.15, -0.1) is 0 Å². The molecule has 0 spiro atoms.